The maximum Gasteiger partial charge on any atom is 0.315 e. The Balaban J connectivity index is 1.65. The summed E-state index contributed by atoms with van der Waals surface area (Å²) in [5.41, 5.74) is 15.6. The molecule has 3 aromatic rings. The molecule has 3 aromatic heterocycles. The lowest BCUT2D eigenvalue weighted by Gasteiger charge is -2.33. The number of nitrogens with two attached hydrogens (primary N) is 2. The standard InChI is InChI=1S/C23H32N8O2/c1-15(2)29-33-14-18-28-20-21(19-17(27-22(20)24)10-6-11-26-19)31(18)13-7-12-30(23(25)32)16-8-4-3-5-9-16/h6,10-11,16H,3-5,7-9,12-14H2,1-2H3,(H2,24,27)(H2,25,32). The van der Waals surface area contributed by atoms with E-state index in [0.717, 1.165) is 42.4 Å². The summed E-state index contributed by atoms with van der Waals surface area (Å²) >= 11 is 0. The third-order valence-electron chi connectivity index (χ3n) is 6.06. The number of oxime groups is 1. The number of aromatic nitrogens is 4. The second-order valence-electron chi connectivity index (χ2n) is 8.73. The van der Waals surface area contributed by atoms with Crippen molar-refractivity contribution in [3.05, 3.63) is 24.2 Å². The summed E-state index contributed by atoms with van der Waals surface area (Å²) in [5.74, 6) is 1.03. The van der Waals surface area contributed by atoms with Crippen molar-refractivity contribution in [2.75, 3.05) is 12.3 Å². The van der Waals surface area contributed by atoms with Crippen molar-refractivity contribution in [2.24, 2.45) is 10.9 Å². The van der Waals surface area contributed by atoms with Crippen LogP contribution in [0.5, 0.6) is 0 Å². The monoisotopic (exact) mass is 452 g/mol. The maximum absolute atomic E-state index is 12.2. The summed E-state index contributed by atoms with van der Waals surface area (Å²) < 4.78 is 2.06. The van der Waals surface area contributed by atoms with Crippen molar-refractivity contribution in [2.45, 2.75) is 71.6 Å². The highest BCUT2D eigenvalue weighted by molar-refractivity contribution is 6.04. The minimum absolute atomic E-state index is 0.190. The lowest BCUT2D eigenvalue weighted by molar-refractivity contribution is 0.121. The number of aryl methyl sites for hydroxylation is 1. The quantitative estimate of drug-likeness (QED) is 0.396. The molecule has 0 bridgehead atoms. The number of hydrogen-bond acceptors (Lipinski definition) is 7. The first kappa shape index (κ1) is 22.8. The minimum atomic E-state index is -0.353. The third-order valence-corrected chi connectivity index (χ3v) is 6.06. The lowest BCUT2D eigenvalue weighted by Crippen LogP contribution is -2.45. The molecule has 1 fully saturated rings. The molecule has 3 heterocycles. The van der Waals surface area contributed by atoms with Gasteiger partial charge < -0.3 is 25.8 Å². The van der Waals surface area contributed by atoms with E-state index in [1.165, 1.54) is 6.42 Å². The smallest absolute Gasteiger partial charge is 0.315 e. The largest absolute Gasteiger partial charge is 0.388 e. The summed E-state index contributed by atoms with van der Waals surface area (Å²) in [6.07, 6.45) is 7.98. The Hall–Kier alpha value is -3.43. The van der Waals surface area contributed by atoms with Crippen molar-refractivity contribution in [3.63, 3.8) is 0 Å². The number of carbonyl (C=O) groups is 1. The molecule has 176 valence electrons. The number of carbonyl (C=O) groups excluding carboxylic acids is 1. The molecule has 2 amide bonds. The highest BCUT2D eigenvalue weighted by atomic mass is 16.6. The van der Waals surface area contributed by atoms with Crippen molar-refractivity contribution in [1.82, 2.24) is 24.4 Å². The van der Waals surface area contributed by atoms with Crippen LogP contribution in [0.3, 0.4) is 0 Å². The van der Waals surface area contributed by atoms with Gasteiger partial charge in [0, 0.05) is 25.3 Å². The Bertz CT molecular complexity index is 1160. The van der Waals surface area contributed by atoms with Crippen molar-refractivity contribution in [3.8, 4) is 0 Å². The van der Waals surface area contributed by atoms with E-state index in [4.69, 9.17) is 21.3 Å². The van der Waals surface area contributed by atoms with E-state index in [9.17, 15) is 4.79 Å². The molecule has 0 spiro atoms. The van der Waals surface area contributed by atoms with Gasteiger partial charge in [0.25, 0.3) is 0 Å². The molecular formula is C23H32N8O2. The second-order valence-corrected chi connectivity index (χ2v) is 8.73. The number of amides is 2. The molecule has 0 radical (unpaired) electrons. The normalized spacial score (nSPS) is 14.5. The third kappa shape index (κ3) is 4.99. The van der Waals surface area contributed by atoms with Crippen LogP contribution in [-0.2, 0) is 18.0 Å². The Kier molecular flexibility index (Phi) is 6.90. The van der Waals surface area contributed by atoms with E-state index >= 15 is 0 Å². The molecule has 4 N–H and O–H groups in total. The first-order valence-electron chi connectivity index (χ1n) is 11.5. The van der Waals surface area contributed by atoms with Gasteiger partial charge in [-0.05, 0) is 45.2 Å². The van der Waals surface area contributed by atoms with Gasteiger partial charge in [-0.2, -0.15) is 0 Å². The number of nitrogen functional groups attached to an aromatic ring is 1. The first-order chi connectivity index (χ1) is 16.0. The molecule has 1 aliphatic carbocycles. The van der Waals surface area contributed by atoms with Crippen LogP contribution in [0.15, 0.2) is 23.5 Å². The summed E-state index contributed by atoms with van der Waals surface area (Å²) in [4.78, 5) is 33.2. The molecule has 1 saturated carbocycles. The van der Waals surface area contributed by atoms with E-state index < -0.39 is 0 Å². The van der Waals surface area contributed by atoms with Crippen molar-refractivity contribution < 1.29 is 9.63 Å². The fourth-order valence-electron chi connectivity index (χ4n) is 4.60. The molecule has 0 aliphatic heterocycles. The van der Waals surface area contributed by atoms with Gasteiger partial charge in [-0.3, -0.25) is 4.98 Å². The Morgan fingerprint density at radius 1 is 1.24 bits per heavy atom. The molecule has 10 nitrogen and oxygen atoms in total. The molecule has 0 saturated heterocycles. The highest BCUT2D eigenvalue weighted by Gasteiger charge is 2.24. The number of nitrogens with zero attached hydrogens (tertiary/aromatic N) is 6. The predicted octanol–water partition coefficient (Wildman–Crippen LogP) is 3.58. The average Bonchev–Trinajstić information content (AvgIpc) is 3.16. The van der Waals surface area contributed by atoms with Crippen molar-refractivity contribution >= 4 is 39.6 Å². The van der Waals surface area contributed by atoms with E-state index in [0.29, 0.717) is 42.2 Å². The van der Waals surface area contributed by atoms with Crippen LogP contribution in [0.25, 0.3) is 22.1 Å². The summed E-state index contributed by atoms with van der Waals surface area (Å²) in [5, 5.41) is 4.04. The number of hydrogen-bond donors (Lipinski definition) is 2. The fourth-order valence-corrected chi connectivity index (χ4v) is 4.60. The van der Waals surface area contributed by atoms with Crippen LogP contribution in [0, 0.1) is 0 Å². The van der Waals surface area contributed by atoms with Crippen LogP contribution in [0.1, 0.15) is 58.2 Å². The molecule has 1 aliphatic rings. The van der Waals surface area contributed by atoms with Crippen LogP contribution < -0.4 is 11.5 Å². The Morgan fingerprint density at radius 3 is 2.76 bits per heavy atom. The number of anilines is 1. The van der Waals surface area contributed by atoms with Gasteiger partial charge in [0.05, 0.1) is 11.2 Å². The molecule has 0 aromatic carbocycles. The summed E-state index contributed by atoms with van der Waals surface area (Å²) in [6, 6.07) is 3.59. The number of pyridine rings is 2. The highest BCUT2D eigenvalue weighted by Crippen LogP contribution is 2.28. The van der Waals surface area contributed by atoms with Gasteiger partial charge in [0.15, 0.2) is 18.2 Å². The van der Waals surface area contributed by atoms with Gasteiger partial charge in [-0.25, -0.2) is 14.8 Å². The number of urea groups is 1. The molecule has 4 rings (SSSR count). The van der Waals surface area contributed by atoms with Gasteiger partial charge >= 0.3 is 6.03 Å². The zero-order valence-electron chi connectivity index (χ0n) is 19.3. The van der Waals surface area contributed by atoms with Crippen LogP contribution in [0.2, 0.25) is 0 Å². The summed E-state index contributed by atoms with van der Waals surface area (Å²) in [7, 11) is 0. The minimum Gasteiger partial charge on any atom is -0.388 e. The number of fused-ring (bicyclic) bond motifs is 3. The average molecular weight is 453 g/mol. The Morgan fingerprint density at radius 2 is 2.03 bits per heavy atom. The van der Waals surface area contributed by atoms with Gasteiger partial charge in [0.1, 0.15) is 16.6 Å². The number of imidazole rings is 1. The molecule has 10 heteroatoms. The van der Waals surface area contributed by atoms with E-state index in [-0.39, 0.29) is 18.7 Å². The fraction of sp³-hybridized carbons (Fsp3) is 0.522. The topological polar surface area (TPSA) is 138 Å². The van der Waals surface area contributed by atoms with Gasteiger partial charge in [0.2, 0.25) is 0 Å². The molecule has 0 unspecified atom stereocenters. The Labute approximate surface area is 193 Å². The van der Waals surface area contributed by atoms with Gasteiger partial charge in [-0.15, -0.1) is 0 Å². The maximum atomic E-state index is 12.2. The van der Waals surface area contributed by atoms with E-state index in [2.05, 4.69) is 19.7 Å². The van der Waals surface area contributed by atoms with Gasteiger partial charge in [-0.1, -0.05) is 24.4 Å². The number of rotatable bonds is 8. The van der Waals surface area contributed by atoms with Crippen molar-refractivity contribution in [1.29, 1.82) is 0 Å². The molecule has 33 heavy (non-hydrogen) atoms. The van der Waals surface area contributed by atoms with Crippen LogP contribution in [0.4, 0.5) is 10.6 Å². The zero-order valence-corrected chi connectivity index (χ0v) is 19.3. The lowest BCUT2D eigenvalue weighted by atomic mass is 9.94. The SMILES string of the molecule is CC(C)=NOCc1nc2c(N)nc3cccnc3c2n1CCCN(C(N)=O)C1CCCCC1. The number of primary amides is 1. The molecule has 0 atom stereocenters. The predicted molar refractivity (Wildman–Crippen MR) is 129 cm³/mol. The first-order valence-corrected chi connectivity index (χ1v) is 11.5. The van der Waals surface area contributed by atoms with Crippen LogP contribution in [-0.4, -0.2) is 48.7 Å². The second kappa shape index (κ2) is 10.0. The van der Waals surface area contributed by atoms with E-state index in [1.807, 2.05) is 30.9 Å². The summed E-state index contributed by atoms with van der Waals surface area (Å²) in [6.45, 7) is 5.11. The van der Waals surface area contributed by atoms with Crippen LogP contribution >= 0.6 is 0 Å². The molecular weight excluding hydrogens is 420 g/mol. The zero-order chi connectivity index (χ0) is 23.4. The van der Waals surface area contributed by atoms with E-state index in [1.54, 1.807) is 6.20 Å².